The zero-order valence-corrected chi connectivity index (χ0v) is 12.4. The molecule has 0 fully saturated rings. The molecule has 3 nitrogen and oxygen atoms in total. The van der Waals surface area contributed by atoms with Gasteiger partial charge in [-0.05, 0) is 36.2 Å². The third-order valence-corrected chi connectivity index (χ3v) is 3.85. The van der Waals surface area contributed by atoms with Crippen molar-refractivity contribution in [3.05, 3.63) is 59.8 Å². The van der Waals surface area contributed by atoms with Crippen LogP contribution in [0.3, 0.4) is 0 Å². The molecule has 1 aromatic heterocycles. The van der Waals surface area contributed by atoms with Crippen molar-refractivity contribution < 1.29 is 9.53 Å². The molecule has 0 amide bonds. The molecule has 0 bridgehead atoms. The molecule has 0 saturated heterocycles. The Bertz CT molecular complexity index is 830. The number of hydrogen-bond donors (Lipinski definition) is 0. The van der Waals surface area contributed by atoms with E-state index in [2.05, 4.69) is 29.8 Å². The fourth-order valence-electron chi connectivity index (χ4n) is 2.73. The lowest BCUT2D eigenvalue weighted by molar-refractivity contribution is 0.0601. The smallest absolute Gasteiger partial charge is 0.337 e. The number of aromatic nitrogens is 1. The molecular weight excluding hydrogens is 262 g/mol. The average Bonchev–Trinajstić information content (AvgIpc) is 2.83. The average molecular weight is 279 g/mol. The number of hydrogen-bond acceptors (Lipinski definition) is 2. The standard InChI is InChI=1S/C18H17NO2/c1-12-6-4-5-7-14(12)16-11-19(2)17-9-8-13(10-15(16)17)18(20)21-3/h4-11H,1-3H3. The third-order valence-electron chi connectivity index (χ3n) is 3.85. The maximum Gasteiger partial charge on any atom is 0.337 e. The van der Waals surface area contributed by atoms with E-state index in [1.54, 1.807) is 6.07 Å². The second kappa shape index (κ2) is 5.09. The molecule has 0 saturated carbocycles. The first-order chi connectivity index (χ1) is 10.1. The maximum absolute atomic E-state index is 11.7. The number of carbonyl (C=O) groups is 1. The van der Waals surface area contributed by atoms with Crippen molar-refractivity contribution in [1.82, 2.24) is 4.57 Å². The number of ether oxygens (including phenoxy) is 1. The monoisotopic (exact) mass is 279 g/mol. The number of fused-ring (bicyclic) bond motifs is 1. The van der Waals surface area contributed by atoms with Crippen molar-refractivity contribution in [3.63, 3.8) is 0 Å². The van der Waals surface area contributed by atoms with Crippen LogP contribution in [0.25, 0.3) is 22.0 Å². The number of methoxy groups -OCH3 is 1. The van der Waals surface area contributed by atoms with Crippen molar-refractivity contribution in [1.29, 1.82) is 0 Å². The number of carbonyl (C=O) groups excluding carboxylic acids is 1. The minimum Gasteiger partial charge on any atom is -0.465 e. The number of benzene rings is 2. The van der Waals surface area contributed by atoms with Crippen LogP contribution in [0, 0.1) is 6.92 Å². The van der Waals surface area contributed by atoms with Gasteiger partial charge in [-0.3, -0.25) is 0 Å². The van der Waals surface area contributed by atoms with Crippen molar-refractivity contribution in [2.24, 2.45) is 7.05 Å². The molecule has 21 heavy (non-hydrogen) atoms. The Hall–Kier alpha value is -2.55. The molecule has 0 aliphatic rings. The summed E-state index contributed by atoms with van der Waals surface area (Å²) >= 11 is 0. The number of aryl methyl sites for hydroxylation is 2. The van der Waals surface area contributed by atoms with Crippen molar-refractivity contribution in [3.8, 4) is 11.1 Å². The van der Waals surface area contributed by atoms with Crippen LogP contribution in [0.2, 0.25) is 0 Å². The minimum atomic E-state index is -0.309. The summed E-state index contributed by atoms with van der Waals surface area (Å²) in [4.78, 5) is 11.7. The zero-order valence-electron chi connectivity index (χ0n) is 12.4. The second-order valence-electron chi connectivity index (χ2n) is 5.19. The van der Waals surface area contributed by atoms with Gasteiger partial charge in [-0.1, -0.05) is 24.3 Å². The van der Waals surface area contributed by atoms with Crippen LogP contribution in [-0.2, 0) is 11.8 Å². The summed E-state index contributed by atoms with van der Waals surface area (Å²) in [5, 5.41) is 1.06. The van der Waals surface area contributed by atoms with Crippen LogP contribution < -0.4 is 0 Å². The Kier molecular flexibility index (Phi) is 3.26. The molecule has 3 rings (SSSR count). The first-order valence-corrected chi connectivity index (χ1v) is 6.85. The number of esters is 1. The lowest BCUT2D eigenvalue weighted by Gasteiger charge is -2.05. The molecule has 0 aliphatic heterocycles. The zero-order chi connectivity index (χ0) is 15.0. The Morgan fingerprint density at radius 1 is 1.10 bits per heavy atom. The number of rotatable bonds is 2. The fraction of sp³-hybridized carbons (Fsp3) is 0.167. The quantitative estimate of drug-likeness (QED) is 0.665. The van der Waals surface area contributed by atoms with Crippen LogP contribution >= 0.6 is 0 Å². The van der Waals surface area contributed by atoms with E-state index < -0.39 is 0 Å². The van der Waals surface area contributed by atoms with Crippen LogP contribution in [0.5, 0.6) is 0 Å². The molecule has 0 radical (unpaired) electrons. The summed E-state index contributed by atoms with van der Waals surface area (Å²) in [5.74, 6) is -0.309. The van der Waals surface area contributed by atoms with E-state index in [4.69, 9.17) is 4.74 Å². The van der Waals surface area contributed by atoms with E-state index in [0.717, 1.165) is 16.5 Å². The van der Waals surface area contributed by atoms with E-state index in [0.29, 0.717) is 5.56 Å². The molecule has 0 spiro atoms. The van der Waals surface area contributed by atoms with Gasteiger partial charge in [-0.15, -0.1) is 0 Å². The summed E-state index contributed by atoms with van der Waals surface area (Å²) in [5.41, 5.74) is 5.21. The lowest BCUT2D eigenvalue weighted by atomic mass is 9.99. The Morgan fingerprint density at radius 3 is 2.57 bits per heavy atom. The molecule has 3 aromatic rings. The van der Waals surface area contributed by atoms with Gasteiger partial charge in [0.05, 0.1) is 12.7 Å². The highest BCUT2D eigenvalue weighted by molar-refractivity contribution is 6.01. The normalized spacial score (nSPS) is 10.8. The van der Waals surface area contributed by atoms with E-state index in [1.807, 2.05) is 31.3 Å². The molecule has 0 aliphatic carbocycles. The van der Waals surface area contributed by atoms with Gasteiger partial charge in [0.15, 0.2) is 0 Å². The molecule has 0 unspecified atom stereocenters. The predicted octanol–water partition coefficient (Wildman–Crippen LogP) is 3.94. The van der Waals surface area contributed by atoms with E-state index in [1.165, 1.54) is 18.2 Å². The SMILES string of the molecule is COC(=O)c1ccc2c(c1)c(-c1ccccc1C)cn2C. The van der Waals surface area contributed by atoms with Gasteiger partial charge in [0.25, 0.3) is 0 Å². The summed E-state index contributed by atoms with van der Waals surface area (Å²) in [7, 11) is 3.42. The van der Waals surface area contributed by atoms with Crippen LogP contribution in [0.1, 0.15) is 15.9 Å². The summed E-state index contributed by atoms with van der Waals surface area (Å²) < 4.78 is 6.90. The highest BCUT2D eigenvalue weighted by Gasteiger charge is 2.13. The second-order valence-corrected chi connectivity index (χ2v) is 5.19. The molecule has 0 atom stereocenters. The molecule has 0 N–H and O–H groups in total. The van der Waals surface area contributed by atoms with E-state index in [-0.39, 0.29) is 5.97 Å². The topological polar surface area (TPSA) is 31.2 Å². The van der Waals surface area contributed by atoms with Crippen LogP contribution in [-0.4, -0.2) is 17.6 Å². The van der Waals surface area contributed by atoms with Crippen molar-refractivity contribution in [2.75, 3.05) is 7.11 Å². The van der Waals surface area contributed by atoms with Gasteiger partial charge in [0.2, 0.25) is 0 Å². The molecule has 3 heteroatoms. The van der Waals surface area contributed by atoms with E-state index in [9.17, 15) is 4.79 Å². The Balaban J connectivity index is 2.28. The Labute approximate surface area is 123 Å². The first-order valence-electron chi connectivity index (χ1n) is 6.85. The minimum absolute atomic E-state index is 0.309. The highest BCUT2D eigenvalue weighted by atomic mass is 16.5. The molecule has 2 aromatic carbocycles. The van der Waals surface area contributed by atoms with Crippen LogP contribution in [0.15, 0.2) is 48.7 Å². The van der Waals surface area contributed by atoms with Gasteiger partial charge in [0, 0.05) is 29.7 Å². The maximum atomic E-state index is 11.7. The molecular formula is C18H17NO2. The molecule has 1 heterocycles. The third kappa shape index (κ3) is 2.21. The predicted molar refractivity (Wildman–Crippen MR) is 84.4 cm³/mol. The van der Waals surface area contributed by atoms with Crippen molar-refractivity contribution >= 4 is 16.9 Å². The van der Waals surface area contributed by atoms with Gasteiger partial charge in [0.1, 0.15) is 0 Å². The van der Waals surface area contributed by atoms with Gasteiger partial charge in [-0.2, -0.15) is 0 Å². The lowest BCUT2D eigenvalue weighted by Crippen LogP contribution is -2.00. The highest BCUT2D eigenvalue weighted by Crippen LogP contribution is 2.32. The van der Waals surface area contributed by atoms with Crippen LogP contribution in [0.4, 0.5) is 0 Å². The fourth-order valence-corrected chi connectivity index (χ4v) is 2.73. The summed E-state index contributed by atoms with van der Waals surface area (Å²) in [6.07, 6.45) is 2.11. The summed E-state index contributed by atoms with van der Waals surface area (Å²) in [6.45, 7) is 2.10. The van der Waals surface area contributed by atoms with E-state index >= 15 is 0 Å². The molecule has 106 valence electrons. The van der Waals surface area contributed by atoms with Gasteiger partial charge >= 0.3 is 5.97 Å². The number of nitrogens with zero attached hydrogens (tertiary/aromatic N) is 1. The van der Waals surface area contributed by atoms with Gasteiger partial charge < -0.3 is 9.30 Å². The van der Waals surface area contributed by atoms with Gasteiger partial charge in [-0.25, -0.2) is 4.79 Å². The first kappa shape index (κ1) is 13.4. The Morgan fingerprint density at radius 2 is 1.86 bits per heavy atom. The summed E-state index contributed by atoms with van der Waals surface area (Å²) in [6, 6.07) is 13.9. The largest absolute Gasteiger partial charge is 0.465 e. The van der Waals surface area contributed by atoms with Crippen molar-refractivity contribution in [2.45, 2.75) is 6.92 Å².